The molecule has 0 amide bonds. The molecule has 0 aromatic carbocycles. The SMILES string of the molecule is COC(C)(C)CCC(N)C1CC2CC2C1. The van der Waals surface area contributed by atoms with Gasteiger partial charge in [0.15, 0.2) is 0 Å². The van der Waals surface area contributed by atoms with Gasteiger partial charge in [0, 0.05) is 13.2 Å². The van der Waals surface area contributed by atoms with Gasteiger partial charge < -0.3 is 10.5 Å². The van der Waals surface area contributed by atoms with E-state index in [9.17, 15) is 0 Å². The third kappa shape index (κ3) is 2.73. The molecule has 15 heavy (non-hydrogen) atoms. The second-order valence-electron chi connectivity index (χ2n) is 6.15. The third-order valence-electron chi connectivity index (χ3n) is 4.52. The Labute approximate surface area is 93.6 Å². The second kappa shape index (κ2) is 4.06. The van der Waals surface area contributed by atoms with Gasteiger partial charge in [-0.15, -0.1) is 0 Å². The van der Waals surface area contributed by atoms with E-state index < -0.39 is 0 Å². The molecule has 2 saturated carbocycles. The fourth-order valence-corrected chi connectivity index (χ4v) is 2.96. The Morgan fingerprint density at radius 3 is 2.40 bits per heavy atom. The van der Waals surface area contributed by atoms with Crippen molar-refractivity contribution in [1.82, 2.24) is 0 Å². The minimum absolute atomic E-state index is 0.000849. The average Bonchev–Trinajstić information content (AvgIpc) is 2.82. The fourth-order valence-electron chi connectivity index (χ4n) is 2.96. The smallest absolute Gasteiger partial charge is 0.0623 e. The van der Waals surface area contributed by atoms with Crippen LogP contribution in [0.15, 0.2) is 0 Å². The van der Waals surface area contributed by atoms with Gasteiger partial charge in [-0.2, -0.15) is 0 Å². The molecular weight excluding hydrogens is 186 g/mol. The number of rotatable bonds is 5. The van der Waals surface area contributed by atoms with Gasteiger partial charge in [-0.25, -0.2) is 0 Å². The first-order valence-corrected chi connectivity index (χ1v) is 6.32. The first-order chi connectivity index (χ1) is 7.02. The normalized spacial score (nSPS) is 36.4. The van der Waals surface area contributed by atoms with E-state index in [0.717, 1.165) is 30.6 Å². The van der Waals surface area contributed by atoms with Crippen LogP contribution in [0.25, 0.3) is 0 Å². The van der Waals surface area contributed by atoms with Gasteiger partial charge in [-0.05, 0) is 63.7 Å². The topological polar surface area (TPSA) is 35.2 Å². The zero-order valence-corrected chi connectivity index (χ0v) is 10.3. The van der Waals surface area contributed by atoms with E-state index in [4.69, 9.17) is 10.5 Å². The Hall–Kier alpha value is -0.0800. The largest absolute Gasteiger partial charge is 0.379 e. The number of hydrogen-bond donors (Lipinski definition) is 1. The van der Waals surface area contributed by atoms with Crippen molar-refractivity contribution in [3.63, 3.8) is 0 Å². The van der Waals surface area contributed by atoms with E-state index >= 15 is 0 Å². The van der Waals surface area contributed by atoms with Crippen molar-refractivity contribution >= 4 is 0 Å². The molecule has 3 unspecified atom stereocenters. The summed E-state index contributed by atoms with van der Waals surface area (Å²) in [5.74, 6) is 2.91. The fraction of sp³-hybridized carbons (Fsp3) is 1.00. The highest BCUT2D eigenvalue weighted by atomic mass is 16.5. The lowest BCUT2D eigenvalue weighted by molar-refractivity contribution is 0.0112. The summed E-state index contributed by atoms with van der Waals surface area (Å²) >= 11 is 0. The van der Waals surface area contributed by atoms with E-state index in [2.05, 4.69) is 13.8 Å². The lowest BCUT2D eigenvalue weighted by atomic mass is 9.89. The monoisotopic (exact) mass is 211 g/mol. The standard InChI is InChI=1S/C13H25NO/c1-13(2,15-3)5-4-12(14)11-7-9-6-10(9)8-11/h9-12H,4-8,14H2,1-3H3. The summed E-state index contributed by atoms with van der Waals surface area (Å²) in [6, 6.07) is 0.409. The van der Waals surface area contributed by atoms with Crippen LogP contribution in [-0.4, -0.2) is 18.8 Å². The zero-order valence-electron chi connectivity index (χ0n) is 10.3. The quantitative estimate of drug-likeness (QED) is 0.758. The Bertz CT molecular complexity index is 217. The number of methoxy groups -OCH3 is 1. The van der Waals surface area contributed by atoms with Gasteiger partial charge in [0.2, 0.25) is 0 Å². The molecule has 0 aliphatic heterocycles. The molecule has 2 heteroatoms. The molecule has 2 aliphatic rings. The average molecular weight is 211 g/mol. The van der Waals surface area contributed by atoms with Gasteiger partial charge in [-0.1, -0.05) is 0 Å². The van der Waals surface area contributed by atoms with Gasteiger partial charge in [0.25, 0.3) is 0 Å². The maximum atomic E-state index is 6.27. The Morgan fingerprint density at radius 1 is 1.27 bits per heavy atom. The van der Waals surface area contributed by atoms with Crippen molar-refractivity contribution in [2.45, 2.75) is 57.6 Å². The number of hydrogen-bond acceptors (Lipinski definition) is 2. The lowest BCUT2D eigenvalue weighted by Crippen LogP contribution is -2.33. The van der Waals surface area contributed by atoms with Gasteiger partial charge >= 0.3 is 0 Å². The van der Waals surface area contributed by atoms with Crippen LogP contribution in [-0.2, 0) is 4.74 Å². The molecule has 2 rings (SSSR count). The van der Waals surface area contributed by atoms with E-state index in [-0.39, 0.29) is 5.60 Å². The van der Waals surface area contributed by atoms with E-state index in [1.54, 1.807) is 7.11 Å². The van der Waals surface area contributed by atoms with Crippen LogP contribution in [0, 0.1) is 17.8 Å². The van der Waals surface area contributed by atoms with Crippen molar-refractivity contribution in [2.75, 3.05) is 7.11 Å². The number of nitrogens with two attached hydrogens (primary N) is 1. The summed E-state index contributed by atoms with van der Waals surface area (Å²) in [5.41, 5.74) is 6.27. The highest BCUT2D eigenvalue weighted by molar-refractivity contribution is 4.98. The first-order valence-electron chi connectivity index (χ1n) is 6.32. The predicted octanol–water partition coefficient (Wildman–Crippen LogP) is 2.57. The molecule has 2 nitrogen and oxygen atoms in total. The van der Waals surface area contributed by atoms with E-state index in [0.29, 0.717) is 6.04 Å². The number of fused-ring (bicyclic) bond motifs is 1. The molecule has 0 radical (unpaired) electrons. The number of ether oxygens (including phenoxy) is 1. The van der Waals surface area contributed by atoms with Gasteiger partial charge in [0.05, 0.1) is 5.60 Å². The molecule has 88 valence electrons. The second-order valence-corrected chi connectivity index (χ2v) is 6.15. The maximum absolute atomic E-state index is 6.27. The molecule has 0 saturated heterocycles. The summed E-state index contributed by atoms with van der Waals surface area (Å²) in [6.45, 7) is 4.29. The predicted molar refractivity (Wildman–Crippen MR) is 62.6 cm³/mol. The van der Waals surface area contributed by atoms with Crippen molar-refractivity contribution in [3.05, 3.63) is 0 Å². The lowest BCUT2D eigenvalue weighted by Gasteiger charge is -2.27. The summed E-state index contributed by atoms with van der Waals surface area (Å²) in [6.07, 6.45) is 6.49. The zero-order chi connectivity index (χ0) is 11.1. The minimum Gasteiger partial charge on any atom is -0.379 e. The van der Waals surface area contributed by atoms with Crippen LogP contribution in [0.1, 0.15) is 46.0 Å². The van der Waals surface area contributed by atoms with E-state index in [1.807, 2.05) is 0 Å². The molecule has 3 atom stereocenters. The van der Waals surface area contributed by atoms with Crippen molar-refractivity contribution in [2.24, 2.45) is 23.5 Å². The van der Waals surface area contributed by atoms with Gasteiger partial charge in [0.1, 0.15) is 0 Å². The molecular formula is C13H25NO. The summed E-state index contributed by atoms with van der Waals surface area (Å²) in [5, 5.41) is 0. The first kappa shape index (κ1) is 11.4. The molecule has 0 spiro atoms. The summed E-state index contributed by atoms with van der Waals surface area (Å²) < 4.78 is 5.43. The van der Waals surface area contributed by atoms with Crippen molar-refractivity contribution in [3.8, 4) is 0 Å². The van der Waals surface area contributed by atoms with Gasteiger partial charge in [-0.3, -0.25) is 0 Å². The van der Waals surface area contributed by atoms with Crippen molar-refractivity contribution in [1.29, 1.82) is 0 Å². The summed E-state index contributed by atoms with van der Waals surface area (Å²) in [7, 11) is 1.79. The Morgan fingerprint density at radius 2 is 1.87 bits per heavy atom. The Kier molecular flexibility index (Phi) is 3.09. The molecule has 0 heterocycles. The van der Waals surface area contributed by atoms with Crippen LogP contribution in [0.3, 0.4) is 0 Å². The maximum Gasteiger partial charge on any atom is 0.0623 e. The molecule has 0 aromatic heterocycles. The molecule has 2 fully saturated rings. The minimum atomic E-state index is -0.000849. The molecule has 0 bridgehead atoms. The van der Waals surface area contributed by atoms with Crippen LogP contribution in [0.4, 0.5) is 0 Å². The third-order valence-corrected chi connectivity index (χ3v) is 4.52. The van der Waals surface area contributed by atoms with Crippen LogP contribution < -0.4 is 5.73 Å². The Balaban J connectivity index is 1.70. The van der Waals surface area contributed by atoms with Crippen LogP contribution in [0.5, 0.6) is 0 Å². The molecule has 2 N–H and O–H groups in total. The summed E-state index contributed by atoms with van der Waals surface area (Å²) in [4.78, 5) is 0. The molecule has 2 aliphatic carbocycles. The van der Waals surface area contributed by atoms with Crippen LogP contribution in [0.2, 0.25) is 0 Å². The van der Waals surface area contributed by atoms with E-state index in [1.165, 1.54) is 19.3 Å². The van der Waals surface area contributed by atoms with Crippen LogP contribution >= 0.6 is 0 Å². The highest BCUT2D eigenvalue weighted by Gasteiger charge is 2.47. The highest BCUT2D eigenvalue weighted by Crippen LogP contribution is 2.55. The molecule has 0 aromatic rings. The van der Waals surface area contributed by atoms with Crippen molar-refractivity contribution < 1.29 is 4.74 Å².